The fourth-order valence-corrected chi connectivity index (χ4v) is 2.49. The zero-order valence-corrected chi connectivity index (χ0v) is 13.0. The van der Waals surface area contributed by atoms with Crippen molar-refractivity contribution in [3.63, 3.8) is 0 Å². The second-order valence-corrected chi connectivity index (χ2v) is 5.47. The third-order valence-electron chi connectivity index (χ3n) is 3.24. The molecule has 0 aliphatic heterocycles. The van der Waals surface area contributed by atoms with E-state index in [0.29, 0.717) is 0 Å². The van der Waals surface area contributed by atoms with E-state index in [1.165, 1.54) is 0 Å². The van der Waals surface area contributed by atoms with Crippen LogP contribution in [0.3, 0.4) is 0 Å². The Labute approximate surface area is 131 Å². The molecular weight excluding hydrogens is 330 g/mol. The highest BCUT2D eigenvalue weighted by Crippen LogP contribution is 2.22. The van der Waals surface area contributed by atoms with Crippen LogP contribution in [0.15, 0.2) is 59.1 Å². The SMILES string of the molecule is CN[C@H](c1ccccc1)c1nnnn1-c1ccc(Br)cc1. The topological polar surface area (TPSA) is 55.6 Å². The number of rotatable bonds is 4. The van der Waals surface area contributed by atoms with Gasteiger partial charge in [0.05, 0.1) is 11.7 Å². The van der Waals surface area contributed by atoms with Crippen LogP contribution in [-0.4, -0.2) is 27.3 Å². The molecule has 1 atom stereocenters. The fourth-order valence-electron chi connectivity index (χ4n) is 2.23. The van der Waals surface area contributed by atoms with Crippen molar-refractivity contribution in [3.8, 4) is 5.69 Å². The van der Waals surface area contributed by atoms with Crippen molar-refractivity contribution in [3.05, 3.63) is 70.5 Å². The van der Waals surface area contributed by atoms with Gasteiger partial charge in [-0.05, 0) is 47.3 Å². The molecule has 0 saturated carbocycles. The van der Waals surface area contributed by atoms with Gasteiger partial charge in [0.25, 0.3) is 0 Å². The van der Waals surface area contributed by atoms with E-state index in [9.17, 15) is 0 Å². The number of halogens is 1. The molecule has 0 amide bonds. The number of aromatic nitrogens is 4. The average molecular weight is 344 g/mol. The lowest BCUT2D eigenvalue weighted by molar-refractivity contribution is 0.621. The summed E-state index contributed by atoms with van der Waals surface area (Å²) >= 11 is 3.43. The van der Waals surface area contributed by atoms with Crippen molar-refractivity contribution in [2.24, 2.45) is 0 Å². The number of benzene rings is 2. The first-order valence-electron chi connectivity index (χ1n) is 6.56. The summed E-state index contributed by atoms with van der Waals surface area (Å²) in [4.78, 5) is 0. The quantitative estimate of drug-likeness (QED) is 0.791. The Morgan fingerprint density at radius 1 is 1.05 bits per heavy atom. The van der Waals surface area contributed by atoms with E-state index in [1.807, 2.05) is 49.5 Å². The number of tetrazole rings is 1. The summed E-state index contributed by atoms with van der Waals surface area (Å²) < 4.78 is 2.77. The Bertz CT molecular complexity index is 708. The summed E-state index contributed by atoms with van der Waals surface area (Å²) in [6, 6.07) is 17.9. The maximum absolute atomic E-state index is 4.19. The molecule has 1 aromatic heterocycles. The van der Waals surface area contributed by atoms with Gasteiger partial charge in [-0.15, -0.1) is 5.10 Å². The molecule has 0 aliphatic carbocycles. The second kappa shape index (κ2) is 6.15. The molecule has 3 rings (SSSR count). The first-order valence-corrected chi connectivity index (χ1v) is 7.35. The van der Waals surface area contributed by atoms with Crippen molar-refractivity contribution < 1.29 is 0 Å². The average Bonchev–Trinajstić information content (AvgIpc) is 2.99. The number of hydrogen-bond donors (Lipinski definition) is 1. The lowest BCUT2D eigenvalue weighted by Crippen LogP contribution is -2.22. The zero-order chi connectivity index (χ0) is 14.7. The molecule has 0 bridgehead atoms. The molecule has 0 aliphatic rings. The molecule has 106 valence electrons. The van der Waals surface area contributed by atoms with Crippen molar-refractivity contribution >= 4 is 15.9 Å². The highest BCUT2D eigenvalue weighted by molar-refractivity contribution is 9.10. The van der Waals surface area contributed by atoms with E-state index in [2.05, 4.69) is 48.9 Å². The van der Waals surface area contributed by atoms with E-state index in [4.69, 9.17) is 0 Å². The number of hydrogen-bond acceptors (Lipinski definition) is 4. The van der Waals surface area contributed by atoms with Gasteiger partial charge < -0.3 is 5.32 Å². The van der Waals surface area contributed by atoms with Gasteiger partial charge in [0.2, 0.25) is 0 Å². The van der Waals surface area contributed by atoms with Gasteiger partial charge in [-0.2, -0.15) is 4.68 Å². The summed E-state index contributed by atoms with van der Waals surface area (Å²) in [7, 11) is 1.90. The second-order valence-electron chi connectivity index (χ2n) is 4.56. The van der Waals surface area contributed by atoms with Crippen LogP contribution in [0.4, 0.5) is 0 Å². The summed E-state index contributed by atoms with van der Waals surface area (Å²) in [6.45, 7) is 0. The van der Waals surface area contributed by atoms with Crippen LogP contribution in [-0.2, 0) is 0 Å². The van der Waals surface area contributed by atoms with Crippen molar-refractivity contribution in [2.75, 3.05) is 7.05 Å². The molecule has 6 heteroatoms. The van der Waals surface area contributed by atoms with Crippen LogP contribution in [0.2, 0.25) is 0 Å². The van der Waals surface area contributed by atoms with E-state index in [0.717, 1.165) is 21.5 Å². The monoisotopic (exact) mass is 343 g/mol. The van der Waals surface area contributed by atoms with Crippen LogP contribution in [0, 0.1) is 0 Å². The first kappa shape index (κ1) is 13.9. The molecule has 3 aromatic rings. The molecule has 21 heavy (non-hydrogen) atoms. The molecule has 5 nitrogen and oxygen atoms in total. The van der Waals surface area contributed by atoms with Crippen LogP contribution in [0.5, 0.6) is 0 Å². The lowest BCUT2D eigenvalue weighted by atomic mass is 10.1. The van der Waals surface area contributed by atoms with E-state index < -0.39 is 0 Å². The van der Waals surface area contributed by atoms with Gasteiger partial charge in [-0.1, -0.05) is 46.3 Å². The highest BCUT2D eigenvalue weighted by Gasteiger charge is 2.20. The minimum absolute atomic E-state index is 0.0650. The van der Waals surface area contributed by atoms with Crippen LogP contribution < -0.4 is 5.32 Å². The summed E-state index contributed by atoms with van der Waals surface area (Å²) in [5, 5.41) is 15.4. The molecule has 2 aromatic carbocycles. The molecule has 1 heterocycles. The van der Waals surface area contributed by atoms with Crippen molar-refractivity contribution in [1.29, 1.82) is 0 Å². The lowest BCUT2D eigenvalue weighted by Gasteiger charge is -2.16. The highest BCUT2D eigenvalue weighted by atomic mass is 79.9. The maximum atomic E-state index is 4.19. The van der Waals surface area contributed by atoms with Gasteiger partial charge >= 0.3 is 0 Å². The third-order valence-corrected chi connectivity index (χ3v) is 3.77. The fraction of sp³-hybridized carbons (Fsp3) is 0.133. The molecular formula is C15H14BrN5. The van der Waals surface area contributed by atoms with Crippen LogP contribution in [0.1, 0.15) is 17.4 Å². The van der Waals surface area contributed by atoms with E-state index in [-0.39, 0.29) is 6.04 Å². The largest absolute Gasteiger partial charge is 0.307 e. The van der Waals surface area contributed by atoms with E-state index >= 15 is 0 Å². The Morgan fingerprint density at radius 2 is 1.76 bits per heavy atom. The first-order chi connectivity index (χ1) is 10.3. The standard InChI is InChI=1S/C15H14BrN5/c1-17-14(11-5-3-2-4-6-11)15-18-19-20-21(15)13-9-7-12(16)8-10-13/h2-10,14,17H,1H3/t14-/m1/s1. The molecule has 0 fully saturated rings. The van der Waals surface area contributed by atoms with Gasteiger partial charge in [0.15, 0.2) is 5.82 Å². The molecule has 0 spiro atoms. The van der Waals surface area contributed by atoms with E-state index in [1.54, 1.807) is 4.68 Å². The Balaban J connectivity index is 2.03. The minimum atomic E-state index is -0.0650. The molecule has 0 unspecified atom stereocenters. The smallest absolute Gasteiger partial charge is 0.178 e. The van der Waals surface area contributed by atoms with Crippen LogP contribution in [0.25, 0.3) is 5.69 Å². The van der Waals surface area contributed by atoms with Gasteiger partial charge in [-0.3, -0.25) is 0 Å². The summed E-state index contributed by atoms with van der Waals surface area (Å²) in [6.07, 6.45) is 0. The molecule has 0 saturated heterocycles. The summed E-state index contributed by atoms with van der Waals surface area (Å²) in [5.74, 6) is 0.756. The van der Waals surface area contributed by atoms with Gasteiger partial charge in [0.1, 0.15) is 0 Å². The minimum Gasteiger partial charge on any atom is -0.307 e. The normalized spacial score (nSPS) is 12.3. The predicted molar refractivity (Wildman–Crippen MR) is 84.2 cm³/mol. The molecule has 1 N–H and O–H groups in total. The Kier molecular flexibility index (Phi) is 4.08. The maximum Gasteiger partial charge on any atom is 0.178 e. The number of nitrogens with zero attached hydrogens (tertiary/aromatic N) is 4. The van der Waals surface area contributed by atoms with Gasteiger partial charge in [0, 0.05) is 4.47 Å². The zero-order valence-electron chi connectivity index (χ0n) is 11.4. The third kappa shape index (κ3) is 2.86. The summed E-state index contributed by atoms with van der Waals surface area (Å²) in [5.41, 5.74) is 2.04. The number of nitrogens with one attached hydrogen (secondary N) is 1. The Hall–Kier alpha value is -2.05. The van der Waals surface area contributed by atoms with Crippen LogP contribution >= 0.6 is 15.9 Å². The molecule has 0 radical (unpaired) electrons. The van der Waals surface area contributed by atoms with Crippen molar-refractivity contribution in [2.45, 2.75) is 6.04 Å². The predicted octanol–water partition coefficient (Wildman–Crippen LogP) is 2.73. The van der Waals surface area contributed by atoms with Gasteiger partial charge in [-0.25, -0.2) is 0 Å². The van der Waals surface area contributed by atoms with Crippen molar-refractivity contribution in [1.82, 2.24) is 25.5 Å². The Morgan fingerprint density at radius 3 is 2.43 bits per heavy atom.